The number of aryl methyl sites for hydroxylation is 2. The fourth-order valence-electron chi connectivity index (χ4n) is 2.08. The van der Waals surface area contributed by atoms with Gasteiger partial charge in [0.15, 0.2) is 0 Å². The highest BCUT2D eigenvalue weighted by atomic mass is 16.5. The molecule has 0 amide bonds. The third kappa shape index (κ3) is 3.15. The third-order valence-corrected chi connectivity index (χ3v) is 3.46. The Hall–Kier alpha value is -1.80. The van der Waals surface area contributed by atoms with Gasteiger partial charge >= 0.3 is 0 Å². The van der Waals surface area contributed by atoms with Crippen LogP contribution in [0.2, 0.25) is 0 Å². The van der Waals surface area contributed by atoms with Crippen LogP contribution in [-0.2, 0) is 6.54 Å². The number of rotatable bonds is 4. The van der Waals surface area contributed by atoms with E-state index in [1.165, 1.54) is 22.3 Å². The van der Waals surface area contributed by atoms with Gasteiger partial charge in [-0.15, -0.1) is 0 Å². The fourth-order valence-corrected chi connectivity index (χ4v) is 2.08. The maximum atomic E-state index is 5.98. The standard InChI is InChI=1S/C17H21NO/c1-12-6-5-7-17(14(12)3)19-16-9-8-15(11-18-4)13(2)10-16/h5-10,18H,11H2,1-4H3. The molecule has 0 aromatic heterocycles. The number of hydrogen-bond donors (Lipinski definition) is 1. The topological polar surface area (TPSA) is 21.3 Å². The van der Waals surface area contributed by atoms with Gasteiger partial charge in [-0.2, -0.15) is 0 Å². The molecule has 1 N–H and O–H groups in total. The summed E-state index contributed by atoms with van der Waals surface area (Å²) < 4.78 is 5.98. The van der Waals surface area contributed by atoms with Crippen LogP contribution in [0.25, 0.3) is 0 Å². The molecule has 0 aliphatic heterocycles. The van der Waals surface area contributed by atoms with Gasteiger partial charge in [0.2, 0.25) is 0 Å². The first kappa shape index (κ1) is 13.6. The molecule has 0 aliphatic rings. The van der Waals surface area contributed by atoms with E-state index in [0.717, 1.165) is 18.0 Å². The minimum absolute atomic E-state index is 0.885. The van der Waals surface area contributed by atoms with Crippen molar-refractivity contribution < 1.29 is 4.74 Å². The predicted octanol–water partition coefficient (Wildman–Crippen LogP) is 4.12. The molecule has 2 aromatic carbocycles. The molecule has 0 saturated heterocycles. The van der Waals surface area contributed by atoms with Crippen LogP contribution >= 0.6 is 0 Å². The molecule has 0 spiro atoms. The van der Waals surface area contributed by atoms with Crippen molar-refractivity contribution in [2.75, 3.05) is 7.05 Å². The monoisotopic (exact) mass is 255 g/mol. The van der Waals surface area contributed by atoms with E-state index in [0.29, 0.717) is 0 Å². The van der Waals surface area contributed by atoms with Gasteiger partial charge in [0.25, 0.3) is 0 Å². The smallest absolute Gasteiger partial charge is 0.130 e. The van der Waals surface area contributed by atoms with Gasteiger partial charge in [-0.1, -0.05) is 18.2 Å². The van der Waals surface area contributed by atoms with Crippen LogP contribution < -0.4 is 10.1 Å². The Balaban J connectivity index is 2.24. The van der Waals surface area contributed by atoms with E-state index in [2.05, 4.69) is 44.3 Å². The minimum Gasteiger partial charge on any atom is -0.457 e. The van der Waals surface area contributed by atoms with E-state index < -0.39 is 0 Å². The van der Waals surface area contributed by atoms with Crippen molar-refractivity contribution in [2.24, 2.45) is 0 Å². The summed E-state index contributed by atoms with van der Waals surface area (Å²) in [6.45, 7) is 7.19. The summed E-state index contributed by atoms with van der Waals surface area (Å²) in [7, 11) is 1.96. The zero-order chi connectivity index (χ0) is 13.8. The van der Waals surface area contributed by atoms with Gasteiger partial charge in [-0.05, 0) is 68.3 Å². The zero-order valence-corrected chi connectivity index (χ0v) is 12.1. The van der Waals surface area contributed by atoms with Gasteiger partial charge in [-0.3, -0.25) is 0 Å². The summed E-state index contributed by atoms with van der Waals surface area (Å²) in [5.41, 5.74) is 4.99. The van der Waals surface area contributed by atoms with E-state index in [1.807, 2.05) is 25.2 Å². The van der Waals surface area contributed by atoms with Gasteiger partial charge in [-0.25, -0.2) is 0 Å². The average Bonchev–Trinajstić information content (AvgIpc) is 2.38. The van der Waals surface area contributed by atoms with E-state index in [-0.39, 0.29) is 0 Å². The lowest BCUT2D eigenvalue weighted by molar-refractivity contribution is 0.477. The second kappa shape index (κ2) is 5.89. The number of ether oxygens (including phenoxy) is 1. The molecule has 19 heavy (non-hydrogen) atoms. The Bertz CT molecular complexity index is 575. The first-order chi connectivity index (χ1) is 9.11. The van der Waals surface area contributed by atoms with Gasteiger partial charge in [0, 0.05) is 6.54 Å². The minimum atomic E-state index is 0.885. The molecule has 0 saturated carbocycles. The molecule has 2 nitrogen and oxygen atoms in total. The van der Waals surface area contributed by atoms with E-state index in [4.69, 9.17) is 4.74 Å². The first-order valence-corrected chi connectivity index (χ1v) is 6.60. The Morgan fingerprint density at radius 2 is 1.79 bits per heavy atom. The van der Waals surface area contributed by atoms with Crippen LogP contribution in [0.3, 0.4) is 0 Å². The normalized spacial score (nSPS) is 10.5. The molecule has 100 valence electrons. The summed E-state index contributed by atoms with van der Waals surface area (Å²) in [4.78, 5) is 0. The lowest BCUT2D eigenvalue weighted by atomic mass is 10.1. The molecule has 0 radical (unpaired) electrons. The van der Waals surface area contributed by atoms with E-state index >= 15 is 0 Å². The maximum absolute atomic E-state index is 5.98. The van der Waals surface area contributed by atoms with Crippen molar-refractivity contribution in [1.29, 1.82) is 0 Å². The SMILES string of the molecule is CNCc1ccc(Oc2cccc(C)c2C)cc1C. The van der Waals surface area contributed by atoms with Crippen molar-refractivity contribution >= 4 is 0 Å². The van der Waals surface area contributed by atoms with Crippen LogP contribution in [0.15, 0.2) is 36.4 Å². The second-order valence-electron chi connectivity index (χ2n) is 4.92. The van der Waals surface area contributed by atoms with E-state index in [9.17, 15) is 0 Å². The molecule has 2 rings (SSSR count). The number of nitrogens with one attached hydrogen (secondary N) is 1. The van der Waals surface area contributed by atoms with Crippen molar-refractivity contribution in [3.05, 3.63) is 58.7 Å². The molecule has 0 fully saturated rings. The Morgan fingerprint density at radius 3 is 2.47 bits per heavy atom. The van der Waals surface area contributed by atoms with Crippen LogP contribution in [-0.4, -0.2) is 7.05 Å². The lowest BCUT2D eigenvalue weighted by Crippen LogP contribution is -2.06. The highest BCUT2D eigenvalue weighted by Crippen LogP contribution is 2.28. The highest BCUT2D eigenvalue weighted by molar-refractivity contribution is 5.43. The molecule has 0 aliphatic carbocycles. The Labute approximate surface area is 115 Å². The highest BCUT2D eigenvalue weighted by Gasteiger charge is 2.05. The van der Waals surface area contributed by atoms with Crippen LogP contribution in [0.4, 0.5) is 0 Å². The Kier molecular flexibility index (Phi) is 4.23. The summed E-state index contributed by atoms with van der Waals surface area (Å²) in [5, 5.41) is 3.17. The summed E-state index contributed by atoms with van der Waals surface area (Å²) in [6, 6.07) is 12.4. The number of benzene rings is 2. The van der Waals surface area contributed by atoms with E-state index in [1.54, 1.807) is 0 Å². The van der Waals surface area contributed by atoms with Crippen LogP contribution in [0.1, 0.15) is 22.3 Å². The molecule has 0 bridgehead atoms. The first-order valence-electron chi connectivity index (χ1n) is 6.60. The van der Waals surface area contributed by atoms with Crippen molar-refractivity contribution in [3.8, 4) is 11.5 Å². The molecular weight excluding hydrogens is 234 g/mol. The fraction of sp³-hybridized carbons (Fsp3) is 0.294. The molecule has 2 heteroatoms. The largest absolute Gasteiger partial charge is 0.457 e. The van der Waals surface area contributed by atoms with Crippen molar-refractivity contribution in [2.45, 2.75) is 27.3 Å². The quantitative estimate of drug-likeness (QED) is 0.887. The van der Waals surface area contributed by atoms with Gasteiger partial charge < -0.3 is 10.1 Å². The van der Waals surface area contributed by atoms with Crippen LogP contribution in [0.5, 0.6) is 11.5 Å². The zero-order valence-electron chi connectivity index (χ0n) is 12.1. The summed E-state index contributed by atoms with van der Waals surface area (Å²) in [5.74, 6) is 1.83. The second-order valence-corrected chi connectivity index (χ2v) is 4.92. The van der Waals surface area contributed by atoms with Gasteiger partial charge in [0.1, 0.15) is 11.5 Å². The van der Waals surface area contributed by atoms with Crippen molar-refractivity contribution in [3.63, 3.8) is 0 Å². The molecule has 0 atom stereocenters. The number of hydrogen-bond acceptors (Lipinski definition) is 2. The summed E-state index contributed by atoms with van der Waals surface area (Å²) in [6.07, 6.45) is 0. The van der Waals surface area contributed by atoms with Gasteiger partial charge in [0.05, 0.1) is 0 Å². The Morgan fingerprint density at radius 1 is 1.00 bits per heavy atom. The molecule has 0 heterocycles. The maximum Gasteiger partial charge on any atom is 0.130 e. The average molecular weight is 255 g/mol. The van der Waals surface area contributed by atoms with Crippen molar-refractivity contribution in [1.82, 2.24) is 5.32 Å². The molecule has 2 aromatic rings. The van der Waals surface area contributed by atoms with Crippen LogP contribution in [0, 0.1) is 20.8 Å². The lowest BCUT2D eigenvalue weighted by Gasteiger charge is -2.12. The third-order valence-electron chi connectivity index (χ3n) is 3.46. The predicted molar refractivity (Wildman–Crippen MR) is 79.9 cm³/mol. The summed E-state index contributed by atoms with van der Waals surface area (Å²) >= 11 is 0. The molecular formula is C17H21NO. The molecule has 0 unspecified atom stereocenters.